The maximum atomic E-state index is 12.7. The Balaban J connectivity index is 1.35. The summed E-state index contributed by atoms with van der Waals surface area (Å²) in [5, 5.41) is 0. The highest BCUT2D eigenvalue weighted by Crippen LogP contribution is 2.29. The molecule has 0 spiro atoms. The summed E-state index contributed by atoms with van der Waals surface area (Å²) in [4.78, 5) is 33.4. The molecule has 6 nitrogen and oxygen atoms in total. The van der Waals surface area contributed by atoms with Crippen LogP contribution in [0.5, 0.6) is 0 Å². The molecule has 6 heteroatoms. The highest BCUT2D eigenvalue weighted by atomic mass is 16.2. The quantitative estimate of drug-likeness (QED) is 0.767. The SMILES string of the molecule is CN1CCN(CCCN2C(=O)[C@@H]3Cc4ccccc4CN3C2=O)CC1. The van der Waals surface area contributed by atoms with E-state index in [0.717, 1.165) is 39.1 Å². The van der Waals surface area contributed by atoms with Crippen LogP contribution in [-0.2, 0) is 17.8 Å². The first-order valence-electron chi connectivity index (χ1n) is 9.23. The van der Waals surface area contributed by atoms with Crippen molar-refractivity contribution in [2.24, 2.45) is 0 Å². The number of piperazine rings is 1. The van der Waals surface area contributed by atoms with Crippen molar-refractivity contribution < 1.29 is 9.59 Å². The van der Waals surface area contributed by atoms with Gasteiger partial charge in [-0.1, -0.05) is 24.3 Å². The number of urea groups is 1. The lowest BCUT2D eigenvalue weighted by molar-refractivity contribution is -0.128. The van der Waals surface area contributed by atoms with Crippen molar-refractivity contribution in [3.8, 4) is 0 Å². The second-order valence-electron chi connectivity index (χ2n) is 7.39. The molecule has 4 rings (SSSR count). The maximum absolute atomic E-state index is 12.7. The van der Waals surface area contributed by atoms with E-state index in [1.54, 1.807) is 4.90 Å². The van der Waals surface area contributed by atoms with Gasteiger partial charge in [-0.3, -0.25) is 9.69 Å². The van der Waals surface area contributed by atoms with Crippen LogP contribution >= 0.6 is 0 Å². The van der Waals surface area contributed by atoms with Gasteiger partial charge in [-0.05, 0) is 31.1 Å². The number of carbonyl (C=O) groups is 2. The number of amides is 3. The molecule has 1 aromatic rings. The minimum atomic E-state index is -0.300. The zero-order valence-corrected chi connectivity index (χ0v) is 14.9. The first kappa shape index (κ1) is 16.5. The molecule has 3 aliphatic rings. The highest BCUT2D eigenvalue weighted by molar-refractivity contribution is 6.04. The number of benzene rings is 1. The van der Waals surface area contributed by atoms with Crippen molar-refractivity contribution in [2.75, 3.05) is 46.3 Å². The first-order valence-corrected chi connectivity index (χ1v) is 9.23. The molecule has 0 unspecified atom stereocenters. The topological polar surface area (TPSA) is 47.1 Å². The van der Waals surface area contributed by atoms with E-state index in [1.165, 1.54) is 16.0 Å². The van der Waals surface area contributed by atoms with Crippen LogP contribution in [0.4, 0.5) is 4.79 Å². The number of carbonyl (C=O) groups excluding carboxylic acids is 2. The zero-order valence-electron chi connectivity index (χ0n) is 14.9. The van der Waals surface area contributed by atoms with Gasteiger partial charge in [0.15, 0.2) is 0 Å². The Bertz CT molecular complexity index is 626. The normalized spacial score (nSPS) is 24.6. The van der Waals surface area contributed by atoms with Crippen molar-refractivity contribution in [3.05, 3.63) is 35.4 Å². The van der Waals surface area contributed by atoms with Crippen LogP contribution in [0.25, 0.3) is 0 Å². The van der Waals surface area contributed by atoms with Gasteiger partial charge in [-0.15, -0.1) is 0 Å². The van der Waals surface area contributed by atoms with Crippen molar-refractivity contribution >= 4 is 11.9 Å². The van der Waals surface area contributed by atoms with Gasteiger partial charge in [0.2, 0.25) is 0 Å². The molecule has 0 radical (unpaired) electrons. The highest BCUT2D eigenvalue weighted by Gasteiger charge is 2.46. The number of rotatable bonds is 4. The minimum Gasteiger partial charge on any atom is -0.308 e. The number of hydrogen-bond acceptors (Lipinski definition) is 4. The van der Waals surface area contributed by atoms with Crippen molar-refractivity contribution in [3.63, 3.8) is 0 Å². The van der Waals surface area contributed by atoms with Gasteiger partial charge in [-0.2, -0.15) is 0 Å². The van der Waals surface area contributed by atoms with E-state index in [9.17, 15) is 9.59 Å². The predicted octanol–water partition coefficient (Wildman–Crippen LogP) is 1.01. The number of imide groups is 1. The molecule has 2 saturated heterocycles. The Morgan fingerprint density at radius 1 is 1.00 bits per heavy atom. The van der Waals surface area contributed by atoms with Gasteiger partial charge >= 0.3 is 6.03 Å². The molecular weight excluding hydrogens is 316 g/mol. The Hall–Kier alpha value is -1.92. The molecule has 3 amide bonds. The molecule has 0 saturated carbocycles. The largest absolute Gasteiger partial charge is 0.327 e. The lowest BCUT2D eigenvalue weighted by atomic mass is 9.95. The summed E-state index contributed by atoms with van der Waals surface area (Å²) >= 11 is 0. The van der Waals surface area contributed by atoms with E-state index in [4.69, 9.17) is 0 Å². The molecule has 0 bridgehead atoms. The summed E-state index contributed by atoms with van der Waals surface area (Å²) in [6.45, 7) is 6.37. The second-order valence-corrected chi connectivity index (χ2v) is 7.39. The smallest absolute Gasteiger partial charge is 0.308 e. The second kappa shape index (κ2) is 6.77. The van der Waals surface area contributed by atoms with E-state index in [-0.39, 0.29) is 18.0 Å². The molecule has 1 aromatic carbocycles. The third kappa shape index (κ3) is 3.16. The summed E-state index contributed by atoms with van der Waals surface area (Å²) < 4.78 is 0. The first-order chi connectivity index (χ1) is 12.1. The van der Waals surface area contributed by atoms with Crippen LogP contribution in [0.15, 0.2) is 24.3 Å². The molecule has 3 aliphatic heterocycles. The molecule has 25 heavy (non-hydrogen) atoms. The summed E-state index contributed by atoms with van der Waals surface area (Å²) in [6.07, 6.45) is 1.50. The van der Waals surface area contributed by atoms with Crippen molar-refractivity contribution in [2.45, 2.75) is 25.4 Å². The Kier molecular flexibility index (Phi) is 4.48. The molecule has 1 atom stereocenters. The van der Waals surface area contributed by atoms with Gasteiger partial charge in [-0.25, -0.2) is 4.79 Å². The fraction of sp³-hybridized carbons (Fsp3) is 0.579. The molecule has 3 heterocycles. The molecule has 134 valence electrons. The Morgan fingerprint density at radius 3 is 2.48 bits per heavy atom. The van der Waals surface area contributed by atoms with E-state index >= 15 is 0 Å². The van der Waals surface area contributed by atoms with Crippen LogP contribution < -0.4 is 0 Å². The van der Waals surface area contributed by atoms with Crippen LogP contribution in [0.1, 0.15) is 17.5 Å². The third-order valence-electron chi connectivity index (χ3n) is 5.73. The van der Waals surface area contributed by atoms with Gasteiger partial charge in [0.05, 0.1) is 0 Å². The monoisotopic (exact) mass is 342 g/mol. The molecule has 2 fully saturated rings. The summed E-state index contributed by atoms with van der Waals surface area (Å²) in [7, 11) is 2.15. The minimum absolute atomic E-state index is 0.0159. The molecule has 0 aliphatic carbocycles. The van der Waals surface area contributed by atoms with Crippen LogP contribution in [0.2, 0.25) is 0 Å². The van der Waals surface area contributed by atoms with Crippen molar-refractivity contribution in [1.29, 1.82) is 0 Å². The number of likely N-dealkylation sites (N-methyl/N-ethyl adjacent to an activating group) is 1. The fourth-order valence-corrected chi connectivity index (χ4v) is 4.10. The number of hydrogen-bond donors (Lipinski definition) is 0. The summed E-state index contributed by atoms with van der Waals surface area (Å²) in [5.41, 5.74) is 2.36. The maximum Gasteiger partial charge on any atom is 0.327 e. The molecule has 0 N–H and O–H groups in total. The number of nitrogens with zero attached hydrogens (tertiary/aromatic N) is 4. The van der Waals surface area contributed by atoms with Gasteiger partial charge in [0.1, 0.15) is 6.04 Å². The molecular formula is C19H26N4O2. The van der Waals surface area contributed by atoms with Gasteiger partial charge in [0, 0.05) is 45.7 Å². The van der Waals surface area contributed by atoms with Crippen LogP contribution in [0, 0.1) is 0 Å². The Labute approximate surface area is 149 Å². The lowest BCUT2D eigenvalue weighted by Crippen LogP contribution is -2.45. The van der Waals surface area contributed by atoms with Crippen molar-refractivity contribution in [1.82, 2.24) is 19.6 Å². The van der Waals surface area contributed by atoms with Crippen LogP contribution in [0.3, 0.4) is 0 Å². The van der Waals surface area contributed by atoms with Crippen LogP contribution in [-0.4, -0.2) is 83.9 Å². The summed E-state index contributed by atoms with van der Waals surface area (Å²) in [5.74, 6) is -0.0159. The predicted molar refractivity (Wildman–Crippen MR) is 95.1 cm³/mol. The standard InChI is InChI=1S/C19H26N4O2/c1-20-9-11-21(12-10-20)7-4-8-22-18(24)17-13-15-5-2-3-6-16(15)14-23(17)19(22)25/h2-3,5-6,17H,4,7-14H2,1H3/t17-/m0/s1. The van der Waals surface area contributed by atoms with Gasteiger partial charge in [0.25, 0.3) is 5.91 Å². The number of fused-ring (bicyclic) bond motifs is 2. The van der Waals surface area contributed by atoms with E-state index in [0.29, 0.717) is 19.5 Å². The average Bonchev–Trinajstić information content (AvgIpc) is 2.86. The van der Waals surface area contributed by atoms with E-state index in [2.05, 4.69) is 29.0 Å². The molecule has 0 aromatic heterocycles. The zero-order chi connectivity index (χ0) is 17.4. The van der Waals surface area contributed by atoms with Gasteiger partial charge < -0.3 is 14.7 Å². The average molecular weight is 342 g/mol. The summed E-state index contributed by atoms with van der Waals surface area (Å²) in [6, 6.07) is 7.72. The lowest BCUT2D eigenvalue weighted by Gasteiger charge is -2.32. The third-order valence-corrected chi connectivity index (χ3v) is 5.73. The van der Waals surface area contributed by atoms with E-state index < -0.39 is 0 Å². The fourth-order valence-electron chi connectivity index (χ4n) is 4.10. The Morgan fingerprint density at radius 2 is 1.72 bits per heavy atom. The van der Waals surface area contributed by atoms with E-state index in [1.807, 2.05) is 12.1 Å².